The second-order valence-corrected chi connectivity index (χ2v) is 8.59. The number of halogens is 3. The van der Waals surface area contributed by atoms with Crippen molar-refractivity contribution in [1.82, 2.24) is 24.6 Å². The minimum absolute atomic E-state index is 0.226. The van der Waals surface area contributed by atoms with Gasteiger partial charge in [-0.2, -0.15) is 10.1 Å². The lowest BCUT2D eigenvalue weighted by Crippen LogP contribution is -2.41. The van der Waals surface area contributed by atoms with Gasteiger partial charge in [-0.1, -0.05) is 5.92 Å². The zero-order chi connectivity index (χ0) is 22.6. The molecular formula is C23H19F3N6O. The third-order valence-electron chi connectivity index (χ3n) is 6.68. The Kier molecular flexibility index (Phi) is 4.55. The molecule has 3 aromatic heterocycles. The Hall–Kier alpha value is -3.58. The molecule has 1 aromatic carbocycles. The lowest BCUT2D eigenvalue weighted by molar-refractivity contribution is 0.133. The summed E-state index contributed by atoms with van der Waals surface area (Å²) in [7, 11) is 0. The standard InChI is InChI=1S/C23H19F3N6O/c24-15-2-3-16(25)19(26)14(15)1-4-17-18-20(30-29-17)28-22(32-11-8-27-21(18)32)31-9-5-23(6-10-31)7-12-33-13-23/h2-3,8,11H,5-7,9-10,12-13H2,(H,29,30). The number of benzene rings is 1. The predicted octanol–water partition coefficient (Wildman–Crippen LogP) is 3.43. The summed E-state index contributed by atoms with van der Waals surface area (Å²) < 4.78 is 49.0. The van der Waals surface area contributed by atoms with Gasteiger partial charge in [0, 0.05) is 32.1 Å². The van der Waals surface area contributed by atoms with Crippen LogP contribution < -0.4 is 4.90 Å². The van der Waals surface area contributed by atoms with Gasteiger partial charge in [-0.15, -0.1) is 0 Å². The van der Waals surface area contributed by atoms with E-state index >= 15 is 0 Å². The second kappa shape index (κ2) is 7.49. The first-order chi connectivity index (χ1) is 16.0. The summed E-state index contributed by atoms with van der Waals surface area (Å²) in [4.78, 5) is 11.4. The van der Waals surface area contributed by atoms with Crippen molar-refractivity contribution in [2.24, 2.45) is 5.41 Å². The number of aromatic nitrogens is 5. The van der Waals surface area contributed by atoms with Crippen molar-refractivity contribution in [3.63, 3.8) is 0 Å². The maximum atomic E-state index is 14.0. The van der Waals surface area contributed by atoms with Crippen LogP contribution in [-0.4, -0.2) is 50.9 Å². The molecule has 6 rings (SSSR count). The van der Waals surface area contributed by atoms with Gasteiger partial charge in [-0.05, 0) is 42.7 Å². The topological polar surface area (TPSA) is 71.3 Å². The highest BCUT2D eigenvalue weighted by Gasteiger charge is 2.38. The van der Waals surface area contributed by atoms with Crippen LogP contribution in [0.15, 0.2) is 24.5 Å². The van der Waals surface area contributed by atoms with Crippen molar-refractivity contribution < 1.29 is 17.9 Å². The molecule has 0 aliphatic carbocycles. The van der Waals surface area contributed by atoms with Crippen molar-refractivity contribution >= 4 is 22.6 Å². The highest BCUT2D eigenvalue weighted by atomic mass is 19.2. The molecule has 2 saturated heterocycles. The number of imidazole rings is 1. The minimum atomic E-state index is -1.33. The van der Waals surface area contributed by atoms with E-state index in [2.05, 4.69) is 31.9 Å². The van der Waals surface area contributed by atoms with Crippen LogP contribution in [0.5, 0.6) is 0 Å². The molecular weight excluding hydrogens is 433 g/mol. The van der Waals surface area contributed by atoms with Crippen LogP contribution >= 0.6 is 0 Å². The number of piperidine rings is 1. The minimum Gasteiger partial charge on any atom is -0.381 e. The number of rotatable bonds is 1. The highest BCUT2D eigenvalue weighted by Crippen LogP contribution is 2.40. The average molecular weight is 452 g/mol. The van der Waals surface area contributed by atoms with E-state index in [-0.39, 0.29) is 11.1 Å². The summed E-state index contributed by atoms with van der Waals surface area (Å²) >= 11 is 0. The van der Waals surface area contributed by atoms with E-state index in [1.807, 2.05) is 10.6 Å². The Bertz CT molecular complexity index is 1430. The number of aromatic amines is 1. The quantitative estimate of drug-likeness (QED) is 0.354. The largest absolute Gasteiger partial charge is 0.381 e. The SMILES string of the molecule is Fc1ccc(F)c(C#Cc2n[nH]c3nc(N4CCC5(CCOC5)CC4)n4ccnc4c23)c1F. The highest BCUT2D eigenvalue weighted by molar-refractivity contribution is 5.94. The van der Waals surface area contributed by atoms with E-state index < -0.39 is 23.0 Å². The number of ether oxygens (including phenoxy) is 1. The lowest BCUT2D eigenvalue weighted by atomic mass is 9.78. The zero-order valence-corrected chi connectivity index (χ0v) is 17.5. The van der Waals surface area contributed by atoms with Gasteiger partial charge >= 0.3 is 0 Å². The van der Waals surface area contributed by atoms with E-state index in [0.717, 1.165) is 63.6 Å². The Morgan fingerprint density at radius 2 is 1.88 bits per heavy atom. The Morgan fingerprint density at radius 3 is 2.67 bits per heavy atom. The second-order valence-electron chi connectivity index (χ2n) is 8.59. The number of hydrogen-bond acceptors (Lipinski definition) is 5. The Labute approximate surface area is 186 Å². The number of anilines is 1. The Morgan fingerprint density at radius 1 is 1.06 bits per heavy atom. The molecule has 2 aliphatic rings. The third kappa shape index (κ3) is 3.23. The van der Waals surface area contributed by atoms with E-state index in [0.29, 0.717) is 16.7 Å². The van der Waals surface area contributed by atoms with Crippen molar-refractivity contribution in [3.8, 4) is 11.8 Å². The molecule has 2 fully saturated rings. The lowest BCUT2D eigenvalue weighted by Gasteiger charge is -2.38. The Balaban J connectivity index is 1.39. The van der Waals surface area contributed by atoms with Crippen LogP contribution in [0, 0.1) is 34.7 Å². The zero-order valence-electron chi connectivity index (χ0n) is 17.5. The molecule has 0 unspecified atom stereocenters. The summed E-state index contributed by atoms with van der Waals surface area (Å²) in [6, 6.07) is 1.56. The van der Waals surface area contributed by atoms with E-state index in [1.165, 1.54) is 0 Å². The first kappa shape index (κ1) is 20.1. The molecule has 1 spiro atoms. The molecule has 0 bridgehead atoms. The van der Waals surface area contributed by atoms with Crippen LogP contribution in [0.1, 0.15) is 30.5 Å². The normalized spacial score (nSPS) is 17.7. The number of H-pyrrole nitrogens is 1. The van der Waals surface area contributed by atoms with Gasteiger partial charge in [0.2, 0.25) is 5.95 Å². The fourth-order valence-corrected chi connectivity index (χ4v) is 4.73. The summed E-state index contributed by atoms with van der Waals surface area (Å²) in [6.07, 6.45) is 6.65. The molecule has 2 aliphatic heterocycles. The van der Waals surface area contributed by atoms with Gasteiger partial charge in [0.25, 0.3) is 0 Å². The molecule has 10 heteroatoms. The monoisotopic (exact) mass is 452 g/mol. The van der Waals surface area contributed by atoms with Crippen molar-refractivity contribution in [2.75, 3.05) is 31.2 Å². The number of nitrogens with zero attached hydrogens (tertiary/aromatic N) is 5. The maximum Gasteiger partial charge on any atom is 0.213 e. The molecule has 4 aromatic rings. The van der Waals surface area contributed by atoms with Crippen LogP contribution in [0.3, 0.4) is 0 Å². The molecule has 168 valence electrons. The summed E-state index contributed by atoms with van der Waals surface area (Å²) in [5, 5.41) is 7.56. The number of hydrogen-bond donors (Lipinski definition) is 1. The molecule has 33 heavy (non-hydrogen) atoms. The van der Waals surface area contributed by atoms with Crippen molar-refractivity contribution in [3.05, 3.63) is 53.2 Å². The summed E-state index contributed by atoms with van der Waals surface area (Å²) in [6.45, 7) is 3.36. The average Bonchev–Trinajstić information content (AvgIpc) is 3.56. The smallest absolute Gasteiger partial charge is 0.213 e. The predicted molar refractivity (Wildman–Crippen MR) is 114 cm³/mol. The van der Waals surface area contributed by atoms with Crippen LogP contribution in [-0.2, 0) is 4.74 Å². The molecule has 5 heterocycles. The van der Waals surface area contributed by atoms with Crippen LogP contribution in [0.4, 0.5) is 19.1 Å². The van der Waals surface area contributed by atoms with Gasteiger partial charge in [0.15, 0.2) is 22.9 Å². The summed E-state index contributed by atoms with van der Waals surface area (Å²) in [5.41, 5.74) is 0.903. The fraction of sp³-hybridized carbons (Fsp3) is 0.348. The molecule has 1 N–H and O–H groups in total. The van der Waals surface area contributed by atoms with Gasteiger partial charge < -0.3 is 9.64 Å². The van der Waals surface area contributed by atoms with E-state index in [4.69, 9.17) is 9.72 Å². The summed E-state index contributed by atoms with van der Waals surface area (Å²) in [5.74, 6) is 2.33. The fourth-order valence-electron chi connectivity index (χ4n) is 4.73. The maximum absolute atomic E-state index is 14.0. The van der Waals surface area contributed by atoms with Gasteiger partial charge in [0.1, 0.15) is 11.5 Å². The van der Waals surface area contributed by atoms with Gasteiger partial charge in [-0.25, -0.2) is 18.2 Å². The third-order valence-corrected chi connectivity index (χ3v) is 6.68. The van der Waals surface area contributed by atoms with Crippen LogP contribution in [0.25, 0.3) is 16.7 Å². The number of nitrogens with one attached hydrogen (secondary N) is 1. The van der Waals surface area contributed by atoms with Gasteiger partial charge in [-0.3, -0.25) is 9.50 Å². The van der Waals surface area contributed by atoms with Crippen LogP contribution in [0.2, 0.25) is 0 Å². The molecule has 0 amide bonds. The van der Waals surface area contributed by atoms with Crippen molar-refractivity contribution in [2.45, 2.75) is 19.3 Å². The van der Waals surface area contributed by atoms with E-state index in [1.54, 1.807) is 6.20 Å². The first-order valence-corrected chi connectivity index (χ1v) is 10.7. The van der Waals surface area contributed by atoms with Gasteiger partial charge in [0.05, 0.1) is 17.6 Å². The molecule has 7 nitrogen and oxygen atoms in total. The molecule has 0 saturated carbocycles. The first-order valence-electron chi connectivity index (χ1n) is 10.7. The number of fused-ring (bicyclic) bond motifs is 3. The molecule has 0 atom stereocenters. The molecule has 0 radical (unpaired) electrons. The van der Waals surface area contributed by atoms with E-state index in [9.17, 15) is 13.2 Å². The van der Waals surface area contributed by atoms with Crippen molar-refractivity contribution in [1.29, 1.82) is 0 Å².